The van der Waals surface area contributed by atoms with Gasteiger partial charge in [0, 0.05) is 11.8 Å². The van der Waals surface area contributed by atoms with E-state index >= 15 is 0 Å². The van der Waals surface area contributed by atoms with Gasteiger partial charge in [-0.2, -0.15) is 0 Å². The number of nitrogens with zero attached hydrogens (tertiary/aromatic N) is 2. The van der Waals surface area contributed by atoms with Crippen LogP contribution in [0.25, 0.3) is 11.3 Å². The van der Waals surface area contributed by atoms with Gasteiger partial charge in [-0.1, -0.05) is 6.92 Å². The van der Waals surface area contributed by atoms with E-state index in [1.165, 1.54) is 6.39 Å². The van der Waals surface area contributed by atoms with Crippen molar-refractivity contribution in [2.45, 2.75) is 32.7 Å². The molecule has 0 amide bonds. The van der Waals surface area contributed by atoms with Crippen LogP contribution in [-0.2, 0) is 5.54 Å². The Morgan fingerprint density at radius 3 is 2.74 bits per heavy atom. The molecular weight excluding hydrogens is 344 g/mol. The summed E-state index contributed by atoms with van der Waals surface area (Å²) in [5, 5.41) is 3.12. The number of benzene rings is 1. The lowest BCUT2D eigenvalue weighted by Crippen LogP contribution is -2.29. The highest BCUT2D eigenvalue weighted by Crippen LogP contribution is 2.33. The van der Waals surface area contributed by atoms with Gasteiger partial charge in [0.1, 0.15) is 22.8 Å². The molecule has 0 aliphatic rings. The van der Waals surface area contributed by atoms with Crippen LogP contribution in [0.1, 0.15) is 31.8 Å². The van der Waals surface area contributed by atoms with Crippen molar-refractivity contribution in [1.82, 2.24) is 4.98 Å². The number of guanidine groups is 1. The van der Waals surface area contributed by atoms with E-state index in [-0.39, 0.29) is 0 Å². The second kappa shape index (κ2) is 7.57. The maximum Gasteiger partial charge on any atom is 0.194 e. The Morgan fingerprint density at radius 1 is 1.33 bits per heavy atom. The smallest absolute Gasteiger partial charge is 0.194 e. The van der Waals surface area contributed by atoms with Crippen LogP contribution < -0.4 is 15.8 Å². The summed E-state index contributed by atoms with van der Waals surface area (Å²) in [4.78, 5) is 8.59. The third-order valence-electron chi connectivity index (χ3n) is 4.50. The lowest BCUT2D eigenvalue weighted by Gasteiger charge is -2.22. The topological polar surface area (TPSA) is 98.8 Å². The van der Waals surface area contributed by atoms with Gasteiger partial charge in [-0.15, -0.1) is 0 Å². The van der Waals surface area contributed by atoms with E-state index < -0.39 is 5.54 Å². The normalized spacial score (nSPS) is 14.0. The number of nitrogens with two attached hydrogens (primary N) is 1. The molecule has 0 bridgehead atoms. The van der Waals surface area contributed by atoms with E-state index in [1.54, 1.807) is 13.3 Å². The lowest BCUT2D eigenvalue weighted by molar-refractivity contribution is 0.352. The van der Waals surface area contributed by atoms with Crippen molar-refractivity contribution in [2.75, 3.05) is 12.4 Å². The van der Waals surface area contributed by atoms with E-state index in [0.29, 0.717) is 17.5 Å². The minimum atomic E-state index is -0.546. The van der Waals surface area contributed by atoms with E-state index in [0.717, 1.165) is 29.2 Å². The fourth-order valence-corrected chi connectivity index (χ4v) is 2.80. The average Bonchev–Trinajstić information content (AvgIpc) is 3.33. The number of anilines is 1. The molecule has 3 aromatic rings. The number of aryl methyl sites for hydroxylation is 1. The van der Waals surface area contributed by atoms with Gasteiger partial charge in [-0.3, -0.25) is 0 Å². The Labute approximate surface area is 158 Å². The molecule has 1 atom stereocenters. The Bertz CT molecular complexity index is 931. The third kappa shape index (κ3) is 3.97. The number of nitrogens with one attached hydrogen (secondary N) is 1. The summed E-state index contributed by atoms with van der Waals surface area (Å²) in [6, 6.07) is 9.45. The summed E-state index contributed by atoms with van der Waals surface area (Å²) < 4.78 is 16.6. The zero-order valence-corrected chi connectivity index (χ0v) is 15.9. The molecule has 1 aromatic carbocycles. The molecule has 0 saturated heterocycles. The Morgan fingerprint density at radius 2 is 2.15 bits per heavy atom. The maximum atomic E-state index is 6.16. The molecule has 7 heteroatoms. The molecule has 0 aliphatic heterocycles. The van der Waals surface area contributed by atoms with Gasteiger partial charge < -0.3 is 24.6 Å². The van der Waals surface area contributed by atoms with E-state index in [2.05, 4.69) is 15.3 Å². The summed E-state index contributed by atoms with van der Waals surface area (Å²) in [7, 11) is 1.60. The summed E-state index contributed by atoms with van der Waals surface area (Å²) in [6.07, 6.45) is 3.77. The van der Waals surface area contributed by atoms with Crippen LogP contribution in [0.4, 0.5) is 5.69 Å². The second-order valence-corrected chi connectivity index (χ2v) is 6.44. The van der Waals surface area contributed by atoms with Crippen molar-refractivity contribution in [3.05, 3.63) is 54.4 Å². The predicted molar refractivity (Wildman–Crippen MR) is 105 cm³/mol. The van der Waals surface area contributed by atoms with Gasteiger partial charge in [-0.25, -0.2) is 9.98 Å². The minimum Gasteiger partial charge on any atom is -0.496 e. The number of hydrogen-bond donors (Lipinski definition) is 2. The second-order valence-electron chi connectivity index (χ2n) is 6.44. The van der Waals surface area contributed by atoms with Crippen LogP contribution in [0, 0.1) is 6.92 Å². The van der Waals surface area contributed by atoms with Crippen molar-refractivity contribution in [3.8, 4) is 17.1 Å². The standard InChI is InChI=1S/C20H24N4O3/c1-5-20(3,18-9-6-13(2)27-18)24-19(21)23-14-7-8-15(16(10-14)25-4)17-11-22-12-26-17/h6-12H,5H2,1-4H3,(H3,21,23,24). The summed E-state index contributed by atoms with van der Waals surface area (Å²) in [6.45, 7) is 5.95. The number of rotatable bonds is 6. The Hall–Kier alpha value is -3.22. The van der Waals surface area contributed by atoms with Gasteiger partial charge in [0.15, 0.2) is 18.1 Å². The number of furan rings is 1. The Balaban J connectivity index is 1.84. The summed E-state index contributed by atoms with van der Waals surface area (Å²) >= 11 is 0. The number of aromatic nitrogens is 1. The molecule has 3 N–H and O–H groups in total. The molecule has 142 valence electrons. The van der Waals surface area contributed by atoms with Crippen LogP contribution in [0.2, 0.25) is 0 Å². The molecule has 7 nitrogen and oxygen atoms in total. The molecule has 1 unspecified atom stereocenters. The van der Waals surface area contributed by atoms with Gasteiger partial charge in [0.25, 0.3) is 0 Å². The highest BCUT2D eigenvalue weighted by molar-refractivity contribution is 5.93. The van der Waals surface area contributed by atoms with Gasteiger partial charge in [-0.05, 0) is 44.5 Å². The molecule has 0 aliphatic carbocycles. The number of methoxy groups -OCH3 is 1. The minimum absolute atomic E-state index is 0.294. The quantitative estimate of drug-likeness (QED) is 0.497. The zero-order valence-electron chi connectivity index (χ0n) is 15.9. The maximum absolute atomic E-state index is 6.16. The van der Waals surface area contributed by atoms with Crippen molar-refractivity contribution < 1.29 is 13.6 Å². The van der Waals surface area contributed by atoms with Crippen LogP contribution in [0.15, 0.2) is 56.7 Å². The first kappa shape index (κ1) is 18.6. The number of aliphatic imine (C=N–C) groups is 1. The van der Waals surface area contributed by atoms with Crippen LogP contribution >= 0.6 is 0 Å². The molecule has 0 spiro atoms. The summed E-state index contributed by atoms with van der Waals surface area (Å²) in [5.41, 5.74) is 7.18. The number of ether oxygens (including phenoxy) is 1. The molecule has 0 saturated carbocycles. The zero-order chi connectivity index (χ0) is 19.4. The van der Waals surface area contributed by atoms with Gasteiger partial charge in [0.2, 0.25) is 0 Å². The highest BCUT2D eigenvalue weighted by atomic mass is 16.5. The molecular formula is C20H24N4O3. The molecule has 2 heterocycles. The fourth-order valence-electron chi connectivity index (χ4n) is 2.80. The van der Waals surface area contributed by atoms with Crippen molar-refractivity contribution >= 4 is 11.6 Å². The van der Waals surface area contributed by atoms with Crippen molar-refractivity contribution in [1.29, 1.82) is 0 Å². The van der Waals surface area contributed by atoms with E-state index in [4.69, 9.17) is 19.3 Å². The average molecular weight is 368 g/mol. The first-order valence-corrected chi connectivity index (χ1v) is 8.71. The van der Waals surface area contributed by atoms with Crippen LogP contribution in [0.3, 0.4) is 0 Å². The SMILES string of the molecule is CCC(C)(N=C(N)Nc1ccc(-c2cnco2)c(OC)c1)c1ccc(C)o1. The number of hydrogen-bond acceptors (Lipinski definition) is 5. The predicted octanol–water partition coefficient (Wildman–Crippen LogP) is 4.30. The summed E-state index contributed by atoms with van der Waals surface area (Å²) in [5.74, 6) is 3.20. The van der Waals surface area contributed by atoms with Crippen LogP contribution in [-0.4, -0.2) is 18.1 Å². The molecule has 3 rings (SSSR count). The van der Waals surface area contributed by atoms with Crippen LogP contribution in [0.5, 0.6) is 5.75 Å². The van der Waals surface area contributed by atoms with Gasteiger partial charge >= 0.3 is 0 Å². The number of oxazole rings is 1. The lowest BCUT2D eigenvalue weighted by atomic mass is 9.97. The van der Waals surface area contributed by atoms with E-state index in [1.807, 2.05) is 51.1 Å². The van der Waals surface area contributed by atoms with E-state index in [9.17, 15) is 0 Å². The monoisotopic (exact) mass is 368 g/mol. The molecule has 0 fully saturated rings. The highest BCUT2D eigenvalue weighted by Gasteiger charge is 2.28. The largest absolute Gasteiger partial charge is 0.496 e. The van der Waals surface area contributed by atoms with Crippen molar-refractivity contribution in [2.24, 2.45) is 10.7 Å². The fraction of sp³-hybridized carbons (Fsp3) is 0.300. The molecule has 27 heavy (non-hydrogen) atoms. The third-order valence-corrected chi connectivity index (χ3v) is 4.50. The first-order valence-electron chi connectivity index (χ1n) is 8.71. The Kier molecular flexibility index (Phi) is 5.21. The van der Waals surface area contributed by atoms with Gasteiger partial charge in [0.05, 0.1) is 18.9 Å². The first-order chi connectivity index (χ1) is 12.9. The van der Waals surface area contributed by atoms with Crippen molar-refractivity contribution in [3.63, 3.8) is 0 Å². The molecule has 2 aromatic heterocycles. The molecule has 0 radical (unpaired) electrons.